The average Bonchev–Trinajstić information content (AvgIpc) is 3.20. The molecule has 1 aromatic carbocycles. The summed E-state index contributed by atoms with van der Waals surface area (Å²) >= 11 is 1.43. The molecule has 1 amide bonds. The summed E-state index contributed by atoms with van der Waals surface area (Å²) in [6.07, 6.45) is 2.54. The molecular weight excluding hydrogens is 290 g/mol. The van der Waals surface area contributed by atoms with Crippen molar-refractivity contribution in [3.8, 4) is 0 Å². The van der Waals surface area contributed by atoms with E-state index >= 15 is 0 Å². The molecule has 0 bridgehead atoms. The molecule has 0 atom stereocenters. The Labute approximate surface area is 125 Å². The van der Waals surface area contributed by atoms with Crippen LogP contribution in [-0.4, -0.2) is 15.8 Å². The Morgan fingerprint density at radius 2 is 2.10 bits per heavy atom. The maximum Gasteiger partial charge on any atom is 0.269 e. The summed E-state index contributed by atoms with van der Waals surface area (Å²) in [6, 6.07) is 5.98. The Hall–Kier alpha value is -2.28. The average molecular weight is 303 g/mol. The number of anilines is 1. The molecule has 1 aliphatic rings. The van der Waals surface area contributed by atoms with Gasteiger partial charge in [0.15, 0.2) is 5.13 Å². The molecule has 1 aromatic heterocycles. The molecule has 0 spiro atoms. The first kappa shape index (κ1) is 13.7. The highest BCUT2D eigenvalue weighted by Crippen LogP contribution is 2.40. The number of rotatable bonds is 5. The third-order valence-electron chi connectivity index (χ3n) is 3.28. The van der Waals surface area contributed by atoms with Gasteiger partial charge in [-0.3, -0.25) is 14.9 Å². The highest BCUT2D eigenvalue weighted by atomic mass is 32.1. The Bertz CT molecular complexity index is 677. The van der Waals surface area contributed by atoms with E-state index in [1.165, 1.54) is 36.3 Å². The summed E-state index contributed by atoms with van der Waals surface area (Å²) in [6.45, 7) is 0. The number of benzene rings is 1. The fourth-order valence-electron chi connectivity index (χ4n) is 1.99. The van der Waals surface area contributed by atoms with Crippen LogP contribution in [0.15, 0.2) is 29.6 Å². The van der Waals surface area contributed by atoms with E-state index in [9.17, 15) is 14.9 Å². The largest absolute Gasteiger partial charge is 0.302 e. The number of hydrogen-bond acceptors (Lipinski definition) is 5. The summed E-state index contributed by atoms with van der Waals surface area (Å²) < 4.78 is 0. The highest BCUT2D eigenvalue weighted by Gasteiger charge is 2.26. The number of nitrogens with one attached hydrogen (secondary N) is 1. The summed E-state index contributed by atoms with van der Waals surface area (Å²) in [5.41, 5.74) is 1.82. The van der Waals surface area contributed by atoms with Gasteiger partial charge in [0.1, 0.15) is 0 Å². The van der Waals surface area contributed by atoms with Gasteiger partial charge in [-0.1, -0.05) is 12.1 Å². The van der Waals surface area contributed by atoms with E-state index in [2.05, 4.69) is 10.3 Å². The highest BCUT2D eigenvalue weighted by molar-refractivity contribution is 7.13. The van der Waals surface area contributed by atoms with Gasteiger partial charge in [0.25, 0.3) is 5.69 Å². The van der Waals surface area contributed by atoms with E-state index in [-0.39, 0.29) is 18.0 Å². The van der Waals surface area contributed by atoms with Crippen LogP contribution in [0.5, 0.6) is 0 Å². The lowest BCUT2D eigenvalue weighted by atomic mass is 10.1. The lowest BCUT2D eigenvalue weighted by Crippen LogP contribution is -2.14. The van der Waals surface area contributed by atoms with Crippen LogP contribution < -0.4 is 5.32 Å². The van der Waals surface area contributed by atoms with Crippen molar-refractivity contribution in [1.82, 2.24) is 4.98 Å². The zero-order valence-corrected chi connectivity index (χ0v) is 11.9. The van der Waals surface area contributed by atoms with Crippen LogP contribution in [0.1, 0.15) is 30.0 Å². The van der Waals surface area contributed by atoms with Crippen molar-refractivity contribution in [1.29, 1.82) is 0 Å². The van der Waals surface area contributed by atoms with Crippen molar-refractivity contribution < 1.29 is 9.72 Å². The summed E-state index contributed by atoms with van der Waals surface area (Å²) in [5, 5.41) is 15.9. The molecule has 0 saturated heterocycles. The number of nitro benzene ring substituents is 1. The molecule has 1 saturated carbocycles. The van der Waals surface area contributed by atoms with Gasteiger partial charge < -0.3 is 5.32 Å². The fourth-order valence-corrected chi connectivity index (χ4v) is 2.80. The molecule has 1 fully saturated rings. The van der Waals surface area contributed by atoms with Crippen LogP contribution in [0.25, 0.3) is 0 Å². The molecule has 108 valence electrons. The quantitative estimate of drug-likeness (QED) is 0.679. The number of carbonyl (C=O) groups is 1. The van der Waals surface area contributed by atoms with Crippen molar-refractivity contribution in [2.45, 2.75) is 25.2 Å². The van der Waals surface area contributed by atoms with Crippen LogP contribution in [0.3, 0.4) is 0 Å². The summed E-state index contributed by atoms with van der Waals surface area (Å²) in [7, 11) is 0. The van der Waals surface area contributed by atoms with Gasteiger partial charge in [-0.25, -0.2) is 4.98 Å². The van der Waals surface area contributed by atoms with Gasteiger partial charge in [-0.05, 0) is 18.4 Å². The lowest BCUT2D eigenvalue weighted by Gasteiger charge is -2.02. The second-order valence-corrected chi connectivity index (χ2v) is 5.86. The van der Waals surface area contributed by atoms with Crippen molar-refractivity contribution >= 4 is 28.1 Å². The number of carbonyl (C=O) groups excluding carboxylic acids is 1. The van der Waals surface area contributed by atoms with Crippen LogP contribution >= 0.6 is 11.3 Å². The van der Waals surface area contributed by atoms with Crippen LogP contribution in [-0.2, 0) is 11.2 Å². The van der Waals surface area contributed by atoms with Gasteiger partial charge >= 0.3 is 0 Å². The van der Waals surface area contributed by atoms with E-state index in [1.807, 2.05) is 5.38 Å². The number of aromatic nitrogens is 1. The van der Waals surface area contributed by atoms with E-state index in [1.54, 1.807) is 12.1 Å². The molecule has 21 heavy (non-hydrogen) atoms. The molecule has 7 heteroatoms. The third kappa shape index (κ3) is 3.43. The minimum atomic E-state index is -0.459. The molecule has 1 N–H and O–H groups in total. The molecule has 0 unspecified atom stereocenters. The van der Waals surface area contributed by atoms with E-state index in [4.69, 9.17) is 0 Å². The minimum Gasteiger partial charge on any atom is -0.302 e. The fraction of sp³-hybridized carbons (Fsp3) is 0.286. The van der Waals surface area contributed by atoms with Crippen LogP contribution in [0, 0.1) is 10.1 Å². The van der Waals surface area contributed by atoms with Gasteiger partial charge in [0.05, 0.1) is 17.0 Å². The molecule has 0 radical (unpaired) electrons. The smallest absolute Gasteiger partial charge is 0.269 e. The van der Waals surface area contributed by atoms with Crippen LogP contribution in [0.2, 0.25) is 0 Å². The molecule has 6 nitrogen and oxygen atoms in total. The SMILES string of the molecule is O=C(Cc1ccc([N+](=O)[O-])cc1)Nc1nc(C2CC2)cs1. The molecule has 1 heterocycles. The topological polar surface area (TPSA) is 85.1 Å². The summed E-state index contributed by atoms with van der Waals surface area (Å²) in [5.74, 6) is 0.405. The second-order valence-electron chi connectivity index (χ2n) is 5.00. The first-order valence-electron chi connectivity index (χ1n) is 6.60. The Balaban J connectivity index is 1.58. The third-order valence-corrected chi connectivity index (χ3v) is 4.05. The standard InChI is InChI=1S/C14H13N3O3S/c18-13(7-9-1-5-11(6-2-9)17(19)20)16-14-15-12(8-21-14)10-3-4-10/h1-2,5-6,8,10H,3-4,7H2,(H,15,16,18). The zero-order chi connectivity index (χ0) is 14.8. The predicted molar refractivity (Wildman–Crippen MR) is 79.5 cm³/mol. The molecule has 3 rings (SSSR count). The molecular formula is C14H13N3O3S. The van der Waals surface area contributed by atoms with E-state index < -0.39 is 4.92 Å². The Morgan fingerprint density at radius 1 is 1.38 bits per heavy atom. The van der Waals surface area contributed by atoms with Gasteiger partial charge in [0.2, 0.25) is 5.91 Å². The minimum absolute atomic E-state index is 0.0214. The number of thiazole rings is 1. The Morgan fingerprint density at radius 3 is 2.71 bits per heavy atom. The van der Waals surface area contributed by atoms with Crippen molar-refractivity contribution in [3.05, 3.63) is 51.0 Å². The van der Waals surface area contributed by atoms with E-state index in [0.29, 0.717) is 11.0 Å². The van der Waals surface area contributed by atoms with Crippen molar-refractivity contribution in [2.75, 3.05) is 5.32 Å². The Kier molecular flexibility index (Phi) is 3.66. The van der Waals surface area contributed by atoms with Gasteiger partial charge in [-0.15, -0.1) is 11.3 Å². The molecule has 0 aliphatic heterocycles. The molecule has 1 aliphatic carbocycles. The van der Waals surface area contributed by atoms with Crippen LogP contribution in [0.4, 0.5) is 10.8 Å². The number of hydrogen-bond donors (Lipinski definition) is 1. The first-order chi connectivity index (χ1) is 10.1. The van der Waals surface area contributed by atoms with E-state index in [0.717, 1.165) is 11.3 Å². The predicted octanol–water partition coefficient (Wildman–Crippen LogP) is 3.11. The summed E-state index contributed by atoms with van der Waals surface area (Å²) in [4.78, 5) is 26.4. The molecule has 2 aromatic rings. The van der Waals surface area contributed by atoms with Gasteiger partial charge in [-0.2, -0.15) is 0 Å². The number of non-ortho nitro benzene ring substituents is 1. The monoisotopic (exact) mass is 303 g/mol. The normalized spacial score (nSPS) is 13.9. The number of nitrogens with zero attached hydrogens (tertiary/aromatic N) is 2. The van der Waals surface area contributed by atoms with Crippen molar-refractivity contribution in [3.63, 3.8) is 0 Å². The maximum absolute atomic E-state index is 11.9. The van der Waals surface area contributed by atoms with Gasteiger partial charge in [0, 0.05) is 23.4 Å². The van der Waals surface area contributed by atoms with Crippen molar-refractivity contribution in [2.24, 2.45) is 0 Å². The first-order valence-corrected chi connectivity index (χ1v) is 7.48. The lowest BCUT2D eigenvalue weighted by molar-refractivity contribution is -0.384. The number of nitro groups is 1. The maximum atomic E-state index is 11.9. The zero-order valence-electron chi connectivity index (χ0n) is 11.1. The number of amides is 1. The second kappa shape index (κ2) is 5.61.